The molecule has 0 aliphatic carbocycles. The Kier molecular flexibility index (Phi) is 6.56. The Morgan fingerprint density at radius 3 is 2.08 bits per heavy atom. The number of nitrogens with zero attached hydrogens (tertiary/aromatic N) is 2. The van der Waals surface area contributed by atoms with E-state index in [1.807, 2.05) is 51.1 Å². The van der Waals surface area contributed by atoms with Crippen molar-refractivity contribution in [2.75, 3.05) is 18.5 Å². The summed E-state index contributed by atoms with van der Waals surface area (Å²) in [4.78, 5) is 28.2. The molecule has 26 heavy (non-hydrogen) atoms. The van der Waals surface area contributed by atoms with E-state index < -0.39 is 0 Å². The van der Waals surface area contributed by atoms with Gasteiger partial charge in [0, 0.05) is 39.2 Å². The molecule has 2 rings (SSSR count). The zero-order chi connectivity index (χ0) is 19.3. The number of hydrogen-bond acceptors (Lipinski definition) is 2. The molecule has 4 heteroatoms. The van der Waals surface area contributed by atoms with E-state index in [0.29, 0.717) is 19.5 Å². The van der Waals surface area contributed by atoms with Gasteiger partial charge in [-0.3, -0.25) is 9.59 Å². The number of carbonyl (C=O) groups excluding carboxylic acids is 2. The molecule has 0 spiro atoms. The lowest BCUT2D eigenvalue weighted by molar-refractivity contribution is -0.130. The molecule has 0 radical (unpaired) electrons. The van der Waals surface area contributed by atoms with Crippen LogP contribution in [-0.4, -0.2) is 30.3 Å². The number of carbonyl (C=O) groups is 2. The highest BCUT2D eigenvalue weighted by atomic mass is 16.2. The lowest BCUT2D eigenvalue weighted by atomic mass is 10.0. The number of rotatable bonds is 6. The number of aryl methyl sites for hydroxylation is 3. The van der Waals surface area contributed by atoms with Crippen molar-refractivity contribution in [3.63, 3.8) is 0 Å². The normalized spacial score (nSPS) is 10.5. The number of hydrogen-bond donors (Lipinski definition) is 0. The van der Waals surface area contributed by atoms with E-state index in [-0.39, 0.29) is 11.8 Å². The second-order valence-electron chi connectivity index (χ2n) is 6.90. The van der Waals surface area contributed by atoms with Crippen LogP contribution in [0.25, 0.3) is 0 Å². The quantitative estimate of drug-likeness (QED) is 0.788. The van der Waals surface area contributed by atoms with Crippen molar-refractivity contribution in [3.8, 4) is 0 Å². The first-order chi connectivity index (χ1) is 12.3. The molecule has 0 heterocycles. The Hall–Kier alpha value is -2.62. The Bertz CT molecular complexity index is 761. The van der Waals surface area contributed by atoms with Gasteiger partial charge in [-0.1, -0.05) is 48.0 Å². The molecule has 2 aromatic carbocycles. The summed E-state index contributed by atoms with van der Waals surface area (Å²) in [6.45, 7) is 8.57. The van der Waals surface area contributed by atoms with Crippen molar-refractivity contribution < 1.29 is 9.59 Å². The van der Waals surface area contributed by atoms with E-state index in [1.165, 1.54) is 5.56 Å². The van der Waals surface area contributed by atoms with Gasteiger partial charge in [0.1, 0.15) is 0 Å². The third kappa shape index (κ3) is 4.94. The monoisotopic (exact) mass is 352 g/mol. The molecule has 4 nitrogen and oxygen atoms in total. The van der Waals surface area contributed by atoms with Crippen molar-refractivity contribution in [2.24, 2.45) is 0 Å². The summed E-state index contributed by atoms with van der Waals surface area (Å²) < 4.78 is 0. The maximum Gasteiger partial charge on any atom is 0.224 e. The van der Waals surface area contributed by atoms with Crippen molar-refractivity contribution in [1.82, 2.24) is 4.90 Å². The first kappa shape index (κ1) is 19.7. The molecule has 0 bridgehead atoms. The molecule has 2 aromatic rings. The zero-order valence-corrected chi connectivity index (χ0v) is 16.4. The van der Waals surface area contributed by atoms with Crippen molar-refractivity contribution in [2.45, 2.75) is 40.7 Å². The van der Waals surface area contributed by atoms with Gasteiger partial charge < -0.3 is 9.80 Å². The average Bonchev–Trinajstić information content (AvgIpc) is 2.57. The minimum Gasteiger partial charge on any atom is -0.341 e. The second-order valence-corrected chi connectivity index (χ2v) is 6.90. The molecular formula is C22H28N2O2. The predicted octanol–water partition coefficient (Wildman–Crippen LogP) is 4.01. The molecule has 138 valence electrons. The third-order valence-corrected chi connectivity index (χ3v) is 4.52. The van der Waals surface area contributed by atoms with E-state index in [2.05, 4.69) is 12.1 Å². The molecule has 0 unspecified atom stereocenters. The fraction of sp³-hybridized carbons (Fsp3) is 0.364. The third-order valence-electron chi connectivity index (χ3n) is 4.52. The summed E-state index contributed by atoms with van der Waals surface area (Å²) in [6.07, 6.45) is 0.301. The molecule has 0 atom stereocenters. The topological polar surface area (TPSA) is 40.6 Å². The summed E-state index contributed by atoms with van der Waals surface area (Å²) in [5, 5.41) is 0. The summed E-state index contributed by atoms with van der Waals surface area (Å²) in [7, 11) is 1.80. The van der Waals surface area contributed by atoms with Gasteiger partial charge in [-0.15, -0.1) is 0 Å². The highest BCUT2D eigenvalue weighted by Gasteiger charge is 2.19. The molecule has 0 saturated carbocycles. The molecule has 0 N–H and O–H groups in total. The smallest absolute Gasteiger partial charge is 0.224 e. The zero-order valence-electron chi connectivity index (χ0n) is 16.4. The van der Waals surface area contributed by atoms with Gasteiger partial charge >= 0.3 is 0 Å². The lowest BCUT2D eigenvalue weighted by Gasteiger charge is -2.26. The molecule has 0 aliphatic rings. The van der Waals surface area contributed by atoms with Gasteiger partial charge in [0.2, 0.25) is 11.8 Å². The van der Waals surface area contributed by atoms with E-state index >= 15 is 0 Å². The maximum absolute atomic E-state index is 12.5. The van der Waals surface area contributed by atoms with Gasteiger partial charge in [0.05, 0.1) is 0 Å². The molecule has 0 fully saturated rings. The van der Waals surface area contributed by atoms with Crippen LogP contribution in [0.15, 0.2) is 42.5 Å². The van der Waals surface area contributed by atoms with Gasteiger partial charge in [0.15, 0.2) is 0 Å². The van der Waals surface area contributed by atoms with Crippen LogP contribution in [0.1, 0.15) is 35.6 Å². The number of amides is 2. The second kappa shape index (κ2) is 8.65. The molecule has 0 aliphatic heterocycles. The van der Waals surface area contributed by atoms with Crippen molar-refractivity contribution in [3.05, 3.63) is 64.7 Å². The Balaban J connectivity index is 2.07. The highest BCUT2D eigenvalue weighted by molar-refractivity contribution is 5.94. The molecule has 2 amide bonds. The van der Waals surface area contributed by atoms with Gasteiger partial charge in [-0.25, -0.2) is 0 Å². The average molecular weight is 352 g/mol. The number of benzene rings is 2. The minimum atomic E-state index is -0.0430. The number of anilines is 1. The van der Waals surface area contributed by atoms with E-state index in [0.717, 1.165) is 22.4 Å². The minimum absolute atomic E-state index is 0.0301. The van der Waals surface area contributed by atoms with Crippen LogP contribution in [0, 0.1) is 20.8 Å². The van der Waals surface area contributed by atoms with Crippen LogP contribution in [0.2, 0.25) is 0 Å². The first-order valence-electron chi connectivity index (χ1n) is 8.93. The van der Waals surface area contributed by atoms with Crippen molar-refractivity contribution in [1.29, 1.82) is 0 Å². The van der Waals surface area contributed by atoms with Crippen molar-refractivity contribution >= 4 is 17.5 Å². The molecule has 0 aromatic heterocycles. The van der Waals surface area contributed by atoms with E-state index in [1.54, 1.807) is 23.8 Å². The van der Waals surface area contributed by atoms with Gasteiger partial charge in [0.25, 0.3) is 0 Å². The summed E-state index contributed by atoms with van der Waals surface area (Å²) in [6, 6.07) is 14.0. The maximum atomic E-state index is 12.5. The summed E-state index contributed by atoms with van der Waals surface area (Å²) >= 11 is 0. The fourth-order valence-corrected chi connectivity index (χ4v) is 3.37. The van der Waals surface area contributed by atoms with E-state index in [9.17, 15) is 9.59 Å². The predicted molar refractivity (Wildman–Crippen MR) is 106 cm³/mol. The highest BCUT2D eigenvalue weighted by Crippen LogP contribution is 2.26. The van der Waals surface area contributed by atoms with Crippen LogP contribution in [0.3, 0.4) is 0 Å². The van der Waals surface area contributed by atoms with Crippen LogP contribution in [0.5, 0.6) is 0 Å². The fourth-order valence-electron chi connectivity index (χ4n) is 3.37. The standard InChI is InChI=1S/C22H28N2O2/c1-16-13-17(2)22(18(3)14-16)24(19(4)25)12-11-21(26)23(5)15-20-9-7-6-8-10-20/h6-10,13-14H,11-12,15H2,1-5H3. The molecule has 0 saturated heterocycles. The van der Waals surface area contributed by atoms with Crippen LogP contribution < -0.4 is 4.90 Å². The van der Waals surface area contributed by atoms with Crippen LogP contribution in [-0.2, 0) is 16.1 Å². The van der Waals surface area contributed by atoms with Gasteiger partial charge in [-0.05, 0) is 37.5 Å². The Morgan fingerprint density at radius 1 is 0.962 bits per heavy atom. The SMILES string of the molecule is CC(=O)N(CCC(=O)N(C)Cc1ccccc1)c1c(C)cc(C)cc1C. The Labute approximate surface area is 156 Å². The molecular weight excluding hydrogens is 324 g/mol. The largest absolute Gasteiger partial charge is 0.341 e. The van der Waals surface area contributed by atoms with Crippen LogP contribution in [0.4, 0.5) is 5.69 Å². The van der Waals surface area contributed by atoms with E-state index in [4.69, 9.17) is 0 Å². The lowest BCUT2D eigenvalue weighted by Crippen LogP contribution is -2.35. The summed E-state index contributed by atoms with van der Waals surface area (Å²) in [5.41, 5.74) is 5.30. The van der Waals surface area contributed by atoms with Gasteiger partial charge in [-0.2, -0.15) is 0 Å². The summed E-state index contributed by atoms with van der Waals surface area (Å²) in [5.74, 6) is -0.0129. The van der Waals surface area contributed by atoms with Crippen LogP contribution >= 0.6 is 0 Å². The Morgan fingerprint density at radius 2 is 1.54 bits per heavy atom. The first-order valence-corrected chi connectivity index (χ1v) is 8.93.